The molecule has 0 aromatic carbocycles. The average Bonchev–Trinajstić information content (AvgIpc) is 2.77. The van der Waals surface area contributed by atoms with Gasteiger partial charge in [0.2, 0.25) is 5.82 Å². The summed E-state index contributed by atoms with van der Waals surface area (Å²) in [5.74, 6) is 2.67. The minimum absolute atomic E-state index is 0.564. The van der Waals surface area contributed by atoms with Crippen molar-refractivity contribution in [2.45, 2.75) is 6.42 Å². The first-order chi connectivity index (χ1) is 9.79. The van der Waals surface area contributed by atoms with Crippen LogP contribution >= 0.6 is 0 Å². The highest BCUT2D eigenvalue weighted by Crippen LogP contribution is 2.19. The van der Waals surface area contributed by atoms with Gasteiger partial charge in [0.25, 0.3) is 0 Å². The predicted octanol–water partition coefficient (Wildman–Crippen LogP) is 1.30. The van der Waals surface area contributed by atoms with Crippen molar-refractivity contribution < 1.29 is 4.79 Å². The molecule has 3 heterocycles. The third kappa shape index (κ3) is 2.33. The van der Waals surface area contributed by atoms with Crippen molar-refractivity contribution in [3.8, 4) is 0 Å². The molecular formula is C15H18N4O. The highest BCUT2D eigenvalue weighted by Gasteiger charge is 2.18. The summed E-state index contributed by atoms with van der Waals surface area (Å²) in [4.78, 5) is 20.2. The fraction of sp³-hybridized carbons (Fsp3) is 0.400. The summed E-state index contributed by atoms with van der Waals surface area (Å²) in [5.41, 5.74) is 0.809. The fourth-order valence-corrected chi connectivity index (χ4v) is 2.66. The quantitative estimate of drug-likeness (QED) is 0.771. The predicted molar refractivity (Wildman–Crippen MR) is 78.8 cm³/mol. The Morgan fingerprint density at radius 2 is 2.15 bits per heavy atom. The largest absolute Gasteiger partial charge is 0.347 e. The van der Waals surface area contributed by atoms with Gasteiger partial charge in [-0.15, -0.1) is 0 Å². The molecule has 0 aliphatic carbocycles. The summed E-state index contributed by atoms with van der Waals surface area (Å²) < 4.78 is 1.84. The molecule has 1 aliphatic heterocycles. The molecule has 2 aromatic rings. The molecule has 0 spiro atoms. The number of rotatable bonds is 2. The summed E-state index contributed by atoms with van der Waals surface area (Å²) in [6, 6.07) is 5.87. The summed E-state index contributed by atoms with van der Waals surface area (Å²) >= 11 is 0. The summed E-state index contributed by atoms with van der Waals surface area (Å²) in [6.07, 6.45) is 4.69. The summed E-state index contributed by atoms with van der Waals surface area (Å²) in [7, 11) is 2.11. The van der Waals surface area contributed by atoms with Crippen molar-refractivity contribution >= 4 is 22.8 Å². The number of fused-ring (bicyclic) bond motifs is 1. The molecule has 5 heteroatoms. The van der Waals surface area contributed by atoms with E-state index in [1.165, 1.54) is 0 Å². The maximum Gasteiger partial charge on any atom is 0.201 e. The van der Waals surface area contributed by atoms with Crippen LogP contribution in [0, 0.1) is 0 Å². The lowest BCUT2D eigenvalue weighted by Crippen LogP contribution is -2.30. The average molecular weight is 270 g/mol. The Morgan fingerprint density at radius 3 is 3.00 bits per heavy atom. The zero-order valence-electron chi connectivity index (χ0n) is 11.6. The maximum atomic E-state index is 11.5. The van der Waals surface area contributed by atoms with E-state index in [4.69, 9.17) is 0 Å². The molecule has 0 amide bonds. The van der Waals surface area contributed by atoms with Crippen LogP contribution in [0.4, 0.5) is 0 Å². The van der Waals surface area contributed by atoms with Gasteiger partial charge in [0.1, 0.15) is 5.65 Å². The van der Waals surface area contributed by atoms with Crippen molar-refractivity contribution in [1.82, 2.24) is 19.4 Å². The number of hydrogen-bond acceptors (Lipinski definition) is 4. The van der Waals surface area contributed by atoms with E-state index in [1.807, 2.05) is 29.0 Å². The third-order valence-electron chi connectivity index (χ3n) is 3.79. The SMILES string of the molecule is CN1CCCN(C(=C=O)n2ccc3cccnc32)CC1. The number of hydrogen-bond donors (Lipinski definition) is 0. The van der Waals surface area contributed by atoms with Gasteiger partial charge in [0.15, 0.2) is 5.94 Å². The van der Waals surface area contributed by atoms with Crippen molar-refractivity contribution in [1.29, 1.82) is 0 Å². The van der Waals surface area contributed by atoms with E-state index >= 15 is 0 Å². The first-order valence-electron chi connectivity index (χ1n) is 6.90. The van der Waals surface area contributed by atoms with Crippen LogP contribution in [0.1, 0.15) is 6.42 Å². The van der Waals surface area contributed by atoms with Gasteiger partial charge >= 0.3 is 0 Å². The second kappa shape index (κ2) is 5.49. The number of carbonyl (C=O) groups excluding carboxylic acids is 1. The van der Waals surface area contributed by atoms with Crippen molar-refractivity contribution in [3.63, 3.8) is 0 Å². The molecule has 0 unspecified atom stereocenters. The molecule has 20 heavy (non-hydrogen) atoms. The number of aromatic nitrogens is 2. The van der Waals surface area contributed by atoms with Gasteiger partial charge in [-0.2, -0.15) is 0 Å². The second-order valence-corrected chi connectivity index (χ2v) is 5.17. The van der Waals surface area contributed by atoms with Crippen molar-refractivity contribution in [2.24, 2.45) is 0 Å². The third-order valence-corrected chi connectivity index (χ3v) is 3.79. The second-order valence-electron chi connectivity index (χ2n) is 5.17. The molecule has 104 valence electrons. The van der Waals surface area contributed by atoms with E-state index in [0.717, 1.165) is 43.6 Å². The highest BCUT2D eigenvalue weighted by atomic mass is 16.1. The lowest BCUT2D eigenvalue weighted by molar-refractivity contribution is 0.339. The number of likely N-dealkylation sites (N-methyl/N-ethyl adjacent to an activating group) is 1. The van der Waals surface area contributed by atoms with Crippen LogP contribution in [0.15, 0.2) is 30.6 Å². The first-order valence-corrected chi connectivity index (χ1v) is 6.90. The Morgan fingerprint density at radius 1 is 1.25 bits per heavy atom. The Hall–Kier alpha value is -2.10. The standard InChI is InChI=1S/C15H18N4O/c1-17-7-3-8-18(11-10-17)14(12-20)19-9-5-13-4-2-6-16-15(13)19/h2,4-6,9H,3,7-8,10-11H2,1H3. The minimum atomic E-state index is 0.564. The van der Waals surface area contributed by atoms with Crippen LogP contribution in [0.3, 0.4) is 0 Å². The Balaban J connectivity index is 1.96. The van der Waals surface area contributed by atoms with E-state index in [9.17, 15) is 4.79 Å². The van der Waals surface area contributed by atoms with E-state index in [2.05, 4.69) is 27.8 Å². The maximum absolute atomic E-state index is 11.5. The van der Waals surface area contributed by atoms with Crippen LogP contribution in [-0.2, 0) is 4.79 Å². The lowest BCUT2D eigenvalue weighted by Gasteiger charge is -2.23. The minimum Gasteiger partial charge on any atom is -0.347 e. The van der Waals surface area contributed by atoms with Crippen LogP contribution in [0.2, 0.25) is 0 Å². The smallest absolute Gasteiger partial charge is 0.201 e. The van der Waals surface area contributed by atoms with E-state index in [0.29, 0.717) is 5.82 Å². The fourth-order valence-electron chi connectivity index (χ4n) is 2.66. The van der Waals surface area contributed by atoms with Gasteiger partial charge in [-0.1, -0.05) is 0 Å². The van der Waals surface area contributed by atoms with Crippen LogP contribution < -0.4 is 0 Å². The van der Waals surface area contributed by atoms with Gasteiger partial charge in [-0.3, -0.25) is 4.57 Å². The molecule has 2 aromatic heterocycles. The highest BCUT2D eigenvalue weighted by molar-refractivity contribution is 5.85. The topological polar surface area (TPSA) is 41.4 Å². The van der Waals surface area contributed by atoms with Crippen LogP contribution in [0.5, 0.6) is 0 Å². The molecule has 0 radical (unpaired) electrons. The number of pyridine rings is 1. The number of nitrogens with zero attached hydrogens (tertiary/aromatic N) is 4. The van der Waals surface area contributed by atoms with E-state index in [-0.39, 0.29) is 0 Å². The Bertz CT molecular complexity index is 657. The van der Waals surface area contributed by atoms with Crippen LogP contribution in [0.25, 0.3) is 16.9 Å². The van der Waals surface area contributed by atoms with Crippen molar-refractivity contribution in [3.05, 3.63) is 30.6 Å². The molecule has 0 bridgehead atoms. The normalized spacial score (nSPS) is 16.9. The monoisotopic (exact) mass is 270 g/mol. The molecule has 0 saturated carbocycles. The Labute approximate surface area is 118 Å². The molecular weight excluding hydrogens is 252 g/mol. The van der Waals surface area contributed by atoms with E-state index in [1.54, 1.807) is 6.20 Å². The Kier molecular flexibility index (Phi) is 3.54. The van der Waals surface area contributed by atoms with Gasteiger partial charge in [-0.05, 0) is 38.2 Å². The summed E-state index contributed by atoms with van der Waals surface area (Å²) in [5, 5.41) is 1.03. The molecule has 0 atom stereocenters. The van der Waals surface area contributed by atoms with Gasteiger partial charge in [0, 0.05) is 37.4 Å². The molecule has 1 saturated heterocycles. The van der Waals surface area contributed by atoms with Crippen molar-refractivity contribution in [2.75, 3.05) is 33.2 Å². The molecule has 0 N–H and O–H groups in total. The van der Waals surface area contributed by atoms with Crippen LogP contribution in [-0.4, -0.2) is 58.5 Å². The van der Waals surface area contributed by atoms with Gasteiger partial charge in [-0.25, -0.2) is 9.78 Å². The first kappa shape index (κ1) is 12.9. The van der Waals surface area contributed by atoms with E-state index < -0.39 is 0 Å². The lowest BCUT2D eigenvalue weighted by atomic mass is 10.3. The molecule has 5 nitrogen and oxygen atoms in total. The molecule has 1 aliphatic rings. The molecule has 1 fully saturated rings. The zero-order valence-corrected chi connectivity index (χ0v) is 11.6. The zero-order chi connectivity index (χ0) is 13.9. The molecule has 3 rings (SSSR count). The van der Waals surface area contributed by atoms with Gasteiger partial charge < -0.3 is 9.80 Å². The summed E-state index contributed by atoms with van der Waals surface area (Å²) in [6.45, 7) is 3.74. The van der Waals surface area contributed by atoms with Gasteiger partial charge in [0.05, 0.1) is 0 Å².